The Kier molecular flexibility index (Phi) is 3.53. The van der Waals surface area contributed by atoms with E-state index in [0.717, 1.165) is 6.07 Å². The molecule has 17 heavy (non-hydrogen) atoms. The lowest BCUT2D eigenvalue weighted by molar-refractivity contribution is -0.137. The second kappa shape index (κ2) is 4.55. The fourth-order valence-electron chi connectivity index (χ4n) is 1.24. The third kappa shape index (κ3) is 2.63. The molecule has 0 saturated heterocycles. The third-order valence-corrected chi connectivity index (χ3v) is 2.15. The number of halogens is 4. The van der Waals surface area contributed by atoms with Gasteiger partial charge in [-0.3, -0.25) is 9.59 Å². The Hall–Kier alpha value is -1.87. The highest BCUT2D eigenvalue weighted by molar-refractivity contribution is 6.68. The first-order valence-corrected chi connectivity index (χ1v) is 4.49. The summed E-state index contributed by atoms with van der Waals surface area (Å²) in [5.41, 5.74) is -3.24. The lowest BCUT2D eigenvalue weighted by Gasteiger charge is -2.11. The van der Waals surface area contributed by atoms with Crippen molar-refractivity contribution in [1.29, 1.82) is 5.26 Å². The zero-order valence-electron chi connectivity index (χ0n) is 8.01. The molecule has 3 nitrogen and oxygen atoms in total. The second-order valence-electron chi connectivity index (χ2n) is 2.99. The number of rotatable bonds is 2. The normalized spacial score (nSPS) is 10.8. The van der Waals surface area contributed by atoms with Crippen LogP contribution in [-0.4, -0.2) is 11.5 Å². The minimum Gasteiger partial charge on any atom is -0.298 e. The van der Waals surface area contributed by atoms with Gasteiger partial charge in [0.15, 0.2) is 6.29 Å². The van der Waals surface area contributed by atoms with E-state index in [2.05, 4.69) is 0 Å². The molecule has 0 aromatic heterocycles. The summed E-state index contributed by atoms with van der Waals surface area (Å²) in [6.07, 6.45) is -4.95. The average Bonchev–Trinajstić information content (AvgIpc) is 2.25. The van der Waals surface area contributed by atoms with E-state index in [1.54, 1.807) is 0 Å². The van der Waals surface area contributed by atoms with Crippen molar-refractivity contribution in [1.82, 2.24) is 0 Å². The van der Waals surface area contributed by atoms with Crippen LogP contribution in [0, 0.1) is 11.3 Å². The highest BCUT2D eigenvalue weighted by atomic mass is 35.5. The Labute approximate surface area is 98.4 Å². The van der Waals surface area contributed by atoms with Crippen LogP contribution in [0.15, 0.2) is 12.1 Å². The minimum atomic E-state index is -4.84. The van der Waals surface area contributed by atoms with E-state index in [4.69, 9.17) is 16.9 Å². The summed E-state index contributed by atoms with van der Waals surface area (Å²) in [6, 6.07) is 2.79. The second-order valence-corrected chi connectivity index (χ2v) is 3.33. The van der Waals surface area contributed by atoms with Crippen LogP contribution in [-0.2, 0) is 6.18 Å². The topological polar surface area (TPSA) is 57.9 Å². The van der Waals surface area contributed by atoms with Gasteiger partial charge in [-0.1, -0.05) is 0 Å². The molecule has 88 valence electrons. The molecule has 0 aliphatic heterocycles. The number of hydrogen-bond donors (Lipinski definition) is 0. The molecule has 0 fully saturated rings. The molecule has 1 aromatic rings. The molecule has 7 heteroatoms. The van der Waals surface area contributed by atoms with E-state index >= 15 is 0 Å². The molecule has 0 radical (unpaired) electrons. The van der Waals surface area contributed by atoms with E-state index in [1.165, 1.54) is 6.07 Å². The van der Waals surface area contributed by atoms with Crippen LogP contribution in [0.2, 0.25) is 0 Å². The zero-order chi connectivity index (χ0) is 13.2. The summed E-state index contributed by atoms with van der Waals surface area (Å²) in [7, 11) is 0. The first kappa shape index (κ1) is 13.2. The number of carbonyl (C=O) groups excluding carboxylic acids is 2. The lowest BCUT2D eigenvalue weighted by atomic mass is 9.99. The molecule has 0 unspecified atom stereocenters. The molecule has 0 aliphatic rings. The van der Waals surface area contributed by atoms with E-state index in [9.17, 15) is 22.8 Å². The van der Waals surface area contributed by atoms with Gasteiger partial charge in [0.1, 0.15) is 0 Å². The number of nitrogens with zero attached hydrogens (tertiary/aromatic N) is 1. The zero-order valence-corrected chi connectivity index (χ0v) is 8.76. The van der Waals surface area contributed by atoms with Gasteiger partial charge >= 0.3 is 6.18 Å². The van der Waals surface area contributed by atoms with E-state index in [-0.39, 0.29) is 6.29 Å². The van der Waals surface area contributed by atoms with Crippen LogP contribution < -0.4 is 0 Å². The fraction of sp³-hybridized carbons (Fsp3) is 0.100. The molecule has 0 bridgehead atoms. The highest BCUT2D eigenvalue weighted by Crippen LogP contribution is 2.34. The van der Waals surface area contributed by atoms with Crippen LogP contribution in [0.1, 0.15) is 31.8 Å². The Morgan fingerprint density at radius 2 is 2.00 bits per heavy atom. The van der Waals surface area contributed by atoms with Crippen LogP contribution in [0.4, 0.5) is 13.2 Å². The number of benzene rings is 1. The van der Waals surface area contributed by atoms with E-state index in [0.29, 0.717) is 6.07 Å². The molecule has 0 saturated carbocycles. The number of aldehydes is 1. The molecular weight excluding hydrogens is 259 g/mol. The Morgan fingerprint density at radius 3 is 2.35 bits per heavy atom. The molecule has 1 rings (SSSR count). The maximum atomic E-state index is 12.6. The maximum Gasteiger partial charge on any atom is 0.417 e. The van der Waals surface area contributed by atoms with Gasteiger partial charge in [0.25, 0.3) is 5.24 Å². The first-order valence-electron chi connectivity index (χ1n) is 4.11. The van der Waals surface area contributed by atoms with Gasteiger partial charge < -0.3 is 0 Å². The molecular formula is C10H3ClF3NO2. The van der Waals surface area contributed by atoms with Gasteiger partial charge in [0.2, 0.25) is 0 Å². The average molecular weight is 262 g/mol. The fourth-order valence-corrected chi connectivity index (χ4v) is 1.40. The minimum absolute atomic E-state index is 0.112. The van der Waals surface area contributed by atoms with Crippen molar-refractivity contribution in [3.05, 3.63) is 34.4 Å². The number of alkyl halides is 3. The van der Waals surface area contributed by atoms with Gasteiger partial charge in [-0.05, 0) is 23.7 Å². The SMILES string of the molecule is N#Cc1cc(C(=O)Cl)c(C=O)c(C(F)(F)F)c1. The predicted molar refractivity (Wildman–Crippen MR) is 51.7 cm³/mol. The molecule has 0 N–H and O–H groups in total. The monoisotopic (exact) mass is 261 g/mol. The number of carbonyl (C=O) groups is 2. The Balaban J connectivity index is 3.70. The number of hydrogen-bond acceptors (Lipinski definition) is 3. The Bertz CT molecular complexity index is 532. The van der Waals surface area contributed by atoms with Gasteiger partial charge in [0, 0.05) is 11.1 Å². The molecule has 0 spiro atoms. The van der Waals surface area contributed by atoms with Crippen LogP contribution >= 0.6 is 11.6 Å². The van der Waals surface area contributed by atoms with E-state index < -0.39 is 33.7 Å². The van der Waals surface area contributed by atoms with Crippen molar-refractivity contribution in [2.45, 2.75) is 6.18 Å². The summed E-state index contributed by atoms with van der Waals surface area (Å²) >= 11 is 5.06. The quantitative estimate of drug-likeness (QED) is 0.607. The van der Waals surface area contributed by atoms with Crippen molar-refractivity contribution in [2.75, 3.05) is 0 Å². The molecule has 0 aliphatic carbocycles. The lowest BCUT2D eigenvalue weighted by Crippen LogP contribution is -2.13. The van der Waals surface area contributed by atoms with Crippen molar-refractivity contribution in [3.8, 4) is 6.07 Å². The Morgan fingerprint density at radius 1 is 1.41 bits per heavy atom. The molecule has 0 atom stereocenters. The van der Waals surface area contributed by atoms with Gasteiger partial charge in [-0.2, -0.15) is 18.4 Å². The summed E-state index contributed by atoms with van der Waals surface area (Å²) in [6.45, 7) is 0. The van der Waals surface area contributed by atoms with Gasteiger partial charge in [0.05, 0.1) is 17.2 Å². The summed E-state index contributed by atoms with van der Waals surface area (Å²) in [5, 5.41) is 7.31. The standard InChI is InChI=1S/C10H3ClF3NO2/c11-9(17)6-1-5(3-15)2-8(7(6)4-16)10(12,13)14/h1-2,4H. The van der Waals surface area contributed by atoms with E-state index in [1.807, 2.05) is 0 Å². The first-order chi connectivity index (χ1) is 7.81. The predicted octanol–water partition coefficient (Wildman–Crippen LogP) is 2.77. The number of nitriles is 1. The molecule has 0 heterocycles. The largest absolute Gasteiger partial charge is 0.417 e. The molecule has 1 aromatic carbocycles. The van der Waals surface area contributed by atoms with Crippen molar-refractivity contribution >= 4 is 23.1 Å². The smallest absolute Gasteiger partial charge is 0.298 e. The summed E-state index contributed by atoms with van der Waals surface area (Å²) < 4.78 is 37.7. The van der Waals surface area contributed by atoms with Crippen molar-refractivity contribution < 1.29 is 22.8 Å². The summed E-state index contributed by atoms with van der Waals surface area (Å²) in [4.78, 5) is 21.5. The highest BCUT2D eigenvalue weighted by Gasteiger charge is 2.35. The third-order valence-electron chi connectivity index (χ3n) is 1.94. The summed E-state index contributed by atoms with van der Waals surface area (Å²) in [5.74, 6) is 0. The van der Waals surface area contributed by atoms with Crippen molar-refractivity contribution in [3.63, 3.8) is 0 Å². The molecule has 0 amide bonds. The maximum absolute atomic E-state index is 12.6. The van der Waals surface area contributed by atoms with Gasteiger partial charge in [-0.15, -0.1) is 0 Å². The van der Waals surface area contributed by atoms with Gasteiger partial charge in [-0.25, -0.2) is 0 Å². The van der Waals surface area contributed by atoms with Crippen LogP contribution in [0.25, 0.3) is 0 Å². The van der Waals surface area contributed by atoms with Crippen molar-refractivity contribution in [2.24, 2.45) is 0 Å². The van der Waals surface area contributed by atoms with Crippen LogP contribution in [0.3, 0.4) is 0 Å². The van der Waals surface area contributed by atoms with Crippen LogP contribution in [0.5, 0.6) is 0 Å².